The molecule has 1 aromatic heterocycles. The molecular formula is C15H20F6N4O2. The smallest absolute Gasteiger partial charge is 0.422 e. The molecule has 1 saturated carbocycles. The fraction of sp³-hybridized carbons (Fsp3) is 0.667. The van der Waals surface area contributed by atoms with Crippen LogP contribution in [0.5, 0.6) is 5.88 Å². The van der Waals surface area contributed by atoms with Crippen LogP contribution in [-0.4, -0.2) is 41.0 Å². The molecule has 1 aliphatic rings. The molecular weight excluding hydrogens is 382 g/mol. The first-order valence-electron chi connectivity index (χ1n) is 8.16. The standard InChI is InChI=1S/C13H14F6N4O2.C2H6/c14-12(15,16)5-25-9-3-8(21-6-22-9)4-20-11(24)23-10(7-1-2-7)13(17,18)19;1-2/h3,6-7,10H,1-2,4-5H2,(H2,20,23,24);1-2H3/t10-;/m1./s1. The van der Waals surface area contributed by atoms with Crippen LogP contribution in [0.25, 0.3) is 0 Å². The molecule has 1 aromatic rings. The number of urea groups is 1. The van der Waals surface area contributed by atoms with Crippen LogP contribution in [-0.2, 0) is 6.54 Å². The van der Waals surface area contributed by atoms with Gasteiger partial charge in [0.1, 0.15) is 12.4 Å². The van der Waals surface area contributed by atoms with Crippen LogP contribution in [0, 0.1) is 5.92 Å². The van der Waals surface area contributed by atoms with Crippen LogP contribution in [0.15, 0.2) is 12.4 Å². The van der Waals surface area contributed by atoms with Gasteiger partial charge in [-0.15, -0.1) is 0 Å². The molecule has 1 heterocycles. The number of carbonyl (C=O) groups excluding carboxylic acids is 1. The molecule has 154 valence electrons. The van der Waals surface area contributed by atoms with E-state index in [2.05, 4.69) is 20.0 Å². The zero-order chi connectivity index (χ0) is 20.7. The first-order chi connectivity index (χ1) is 12.5. The fourth-order valence-electron chi connectivity index (χ4n) is 1.97. The van der Waals surface area contributed by atoms with E-state index < -0.39 is 37.0 Å². The maximum absolute atomic E-state index is 12.8. The Labute approximate surface area is 151 Å². The molecule has 0 unspecified atom stereocenters. The highest BCUT2D eigenvalue weighted by molar-refractivity contribution is 5.74. The summed E-state index contributed by atoms with van der Waals surface area (Å²) in [5.74, 6) is -0.997. The lowest BCUT2D eigenvalue weighted by atomic mass is 10.2. The van der Waals surface area contributed by atoms with E-state index in [1.165, 1.54) is 0 Å². The van der Waals surface area contributed by atoms with E-state index in [-0.39, 0.29) is 18.1 Å². The van der Waals surface area contributed by atoms with Gasteiger partial charge < -0.3 is 15.4 Å². The number of hydrogen-bond donors (Lipinski definition) is 2. The van der Waals surface area contributed by atoms with E-state index in [0.717, 1.165) is 12.4 Å². The monoisotopic (exact) mass is 402 g/mol. The topological polar surface area (TPSA) is 76.1 Å². The van der Waals surface area contributed by atoms with Crippen molar-refractivity contribution in [1.29, 1.82) is 0 Å². The van der Waals surface area contributed by atoms with Crippen LogP contribution in [0.1, 0.15) is 32.4 Å². The lowest BCUT2D eigenvalue weighted by Gasteiger charge is -2.21. The highest BCUT2D eigenvalue weighted by Gasteiger charge is 2.49. The van der Waals surface area contributed by atoms with Gasteiger partial charge in [0.25, 0.3) is 0 Å². The van der Waals surface area contributed by atoms with Crippen molar-refractivity contribution >= 4 is 6.03 Å². The number of alkyl halides is 6. The minimum Gasteiger partial charge on any atom is -0.468 e. The Kier molecular flexibility index (Phi) is 8.10. The first kappa shape index (κ1) is 22.8. The quantitative estimate of drug-likeness (QED) is 0.714. The summed E-state index contributed by atoms with van der Waals surface area (Å²) in [7, 11) is 0. The summed E-state index contributed by atoms with van der Waals surface area (Å²) in [5.41, 5.74) is 0.0808. The Morgan fingerprint density at radius 2 is 1.85 bits per heavy atom. The van der Waals surface area contributed by atoms with Gasteiger partial charge in [-0.1, -0.05) is 13.8 Å². The van der Waals surface area contributed by atoms with Crippen molar-refractivity contribution in [2.75, 3.05) is 6.61 Å². The molecule has 6 nitrogen and oxygen atoms in total. The van der Waals surface area contributed by atoms with Crippen LogP contribution < -0.4 is 15.4 Å². The summed E-state index contributed by atoms with van der Waals surface area (Å²) >= 11 is 0. The minimum absolute atomic E-state index is 0.0808. The zero-order valence-corrected chi connectivity index (χ0v) is 14.6. The maximum atomic E-state index is 12.8. The summed E-state index contributed by atoms with van der Waals surface area (Å²) in [6, 6.07) is -1.93. The van der Waals surface area contributed by atoms with Crippen LogP contribution in [0.3, 0.4) is 0 Å². The second kappa shape index (κ2) is 9.60. The van der Waals surface area contributed by atoms with E-state index >= 15 is 0 Å². The van der Waals surface area contributed by atoms with Gasteiger partial charge in [0.05, 0.1) is 12.2 Å². The van der Waals surface area contributed by atoms with Gasteiger partial charge in [-0.3, -0.25) is 0 Å². The molecule has 0 radical (unpaired) electrons. The highest BCUT2D eigenvalue weighted by atomic mass is 19.4. The Morgan fingerprint density at radius 3 is 2.37 bits per heavy atom. The van der Waals surface area contributed by atoms with E-state index in [0.29, 0.717) is 12.8 Å². The molecule has 27 heavy (non-hydrogen) atoms. The molecule has 0 spiro atoms. The van der Waals surface area contributed by atoms with Crippen molar-refractivity contribution in [2.45, 2.75) is 51.6 Å². The number of carbonyl (C=O) groups is 1. The molecule has 2 amide bonds. The molecule has 0 saturated heterocycles. The second-order valence-corrected chi connectivity index (χ2v) is 5.44. The number of hydrogen-bond acceptors (Lipinski definition) is 4. The van der Waals surface area contributed by atoms with E-state index in [1.807, 2.05) is 19.2 Å². The van der Waals surface area contributed by atoms with Crippen molar-refractivity contribution < 1.29 is 35.9 Å². The van der Waals surface area contributed by atoms with E-state index in [4.69, 9.17) is 0 Å². The lowest BCUT2D eigenvalue weighted by Crippen LogP contribution is -2.50. The van der Waals surface area contributed by atoms with Crippen molar-refractivity contribution in [3.63, 3.8) is 0 Å². The summed E-state index contributed by atoms with van der Waals surface area (Å²) in [5, 5.41) is 4.02. The molecule has 1 atom stereocenters. The van der Waals surface area contributed by atoms with E-state index in [1.54, 1.807) is 0 Å². The third kappa shape index (κ3) is 8.78. The Morgan fingerprint density at radius 1 is 1.22 bits per heavy atom. The number of halogens is 6. The molecule has 0 aromatic carbocycles. The number of ether oxygens (including phenoxy) is 1. The number of amides is 2. The summed E-state index contributed by atoms with van der Waals surface area (Å²) in [4.78, 5) is 18.8. The average Bonchev–Trinajstić information content (AvgIpc) is 3.41. The van der Waals surface area contributed by atoms with Gasteiger partial charge in [-0.2, -0.15) is 26.3 Å². The van der Waals surface area contributed by atoms with Crippen molar-refractivity contribution in [1.82, 2.24) is 20.6 Å². The van der Waals surface area contributed by atoms with Crippen LogP contribution in [0.2, 0.25) is 0 Å². The zero-order valence-electron chi connectivity index (χ0n) is 14.6. The number of rotatable bonds is 6. The molecule has 1 aliphatic carbocycles. The van der Waals surface area contributed by atoms with Crippen molar-refractivity contribution in [2.24, 2.45) is 5.92 Å². The minimum atomic E-state index is -4.55. The fourth-order valence-corrected chi connectivity index (χ4v) is 1.97. The van der Waals surface area contributed by atoms with Gasteiger partial charge in [-0.05, 0) is 18.8 Å². The third-order valence-corrected chi connectivity index (χ3v) is 3.25. The lowest BCUT2D eigenvalue weighted by molar-refractivity contribution is -0.157. The number of nitrogens with zero attached hydrogens (tertiary/aromatic N) is 2. The SMILES string of the molecule is CC.O=C(NCc1cc(OCC(F)(F)F)ncn1)N[C@H](C1CC1)C(F)(F)F. The molecule has 12 heteroatoms. The summed E-state index contributed by atoms with van der Waals surface area (Å²) in [6.45, 7) is 2.15. The average molecular weight is 402 g/mol. The van der Waals surface area contributed by atoms with Gasteiger partial charge >= 0.3 is 18.4 Å². The summed E-state index contributed by atoms with van der Waals surface area (Å²) in [6.07, 6.45) is -7.40. The van der Waals surface area contributed by atoms with Crippen molar-refractivity contribution in [3.8, 4) is 5.88 Å². The summed E-state index contributed by atoms with van der Waals surface area (Å²) < 4.78 is 79.0. The molecule has 2 rings (SSSR count). The normalized spacial score (nSPS) is 15.3. The Bertz CT molecular complexity index is 605. The third-order valence-electron chi connectivity index (χ3n) is 3.25. The van der Waals surface area contributed by atoms with Crippen LogP contribution >= 0.6 is 0 Å². The number of aromatic nitrogens is 2. The Balaban J connectivity index is 0.00000176. The van der Waals surface area contributed by atoms with Gasteiger partial charge in [0.15, 0.2) is 6.61 Å². The van der Waals surface area contributed by atoms with E-state index in [9.17, 15) is 31.1 Å². The largest absolute Gasteiger partial charge is 0.468 e. The highest BCUT2D eigenvalue weighted by Crippen LogP contribution is 2.40. The van der Waals surface area contributed by atoms with Crippen molar-refractivity contribution in [3.05, 3.63) is 18.1 Å². The Hall–Kier alpha value is -2.27. The predicted octanol–water partition coefficient (Wildman–Crippen LogP) is 3.58. The second-order valence-electron chi connectivity index (χ2n) is 5.44. The maximum Gasteiger partial charge on any atom is 0.422 e. The van der Waals surface area contributed by atoms with Gasteiger partial charge in [0, 0.05) is 6.07 Å². The number of nitrogens with one attached hydrogen (secondary N) is 2. The molecule has 0 bridgehead atoms. The molecule has 2 N–H and O–H groups in total. The predicted molar refractivity (Wildman–Crippen MR) is 82.9 cm³/mol. The van der Waals surface area contributed by atoms with Gasteiger partial charge in [-0.25, -0.2) is 14.8 Å². The van der Waals surface area contributed by atoms with Crippen LogP contribution in [0.4, 0.5) is 31.1 Å². The van der Waals surface area contributed by atoms with Gasteiger partial charge in [0.2, 0.25) is 5.88 Å². The molecule has 0 aliphatic heterocycles. The molecule has 1 fully saturated rings. The first-order valence-corrected chi connectivity index (χ1v) is 8.16.